The van der Waals surface area contributed by atoms with Crippen LogP contribution in [0.25, 0.3) is 0 Å². The standard InChI is InChI=1S/C11H19N3O5S2/c1-5-12-10-8(14(16)17)6-9(20-10)21(18,19)13(4)11(2,3)7-15/h6,12,15H,5,7H2,1-4H3. The van der Waals surface area contributed by atoms with Crippen molar-refractivity contribution in [2.75, 3.05) is 25.5 Å². The first-order chi connectivity index (χ1) is 9.57. The fourth-order valence-corrected chi connectivity index (χ4v) is 4.54. The monoisotopic (exact) mass is 337 g/mol. The number of nitrogens with one attached hydrogen (secondary N) is 1. The zero-order valence-electron chi connectivity index (χ0n) is 12.3. The van der Waals surface area contributed by atoms with Gasteiger partial charge in [-0.1, -0.05) is 11.3 Å². The van der Waals surface area contributed by atoms with Crippen LogP contribution in [0.4, 0.5) is 10.7 Å². The third kappa shape index (κ3) is 3.51. The number of thiophene rings is 1. The Morgan fingerprint density at radius 1 is 1.52 bits per heavy atom. The van der Waals surface area contributed by atoms with Crippen LogP contribution in [0.5, 0.6) is 0 Å². The maximum atomic E-state index is 12.5. The lowest BCUT2D eigenvalue weighted by Gasteiger charge is -2.32. The number of aliphatic hydroxyl groups is 1. The van der Waals surface area contributed by atoms with E-state index in [1.165, 1.54) is 7.05 Å². The molecule has 0 radical (unpaired) electrons. The molecule has 120 valence electrons. The molecule has 21 heavy (non-hydrogen) atoms. The summed E-state index contributed by atoms with van der Waals surface area (Å²) in [7, 11) is -2.58. The van der Waals surface area contributed by atoms with E-state index in [-0.39, 0.29) is 21.5 Å². The van der Waals surface area contributed by atoms with Gasteiger partial charge in [0, 0.05) is 19.7 Å². The number of hydrogen-bond donors (Lipinski definition) is 2. The summed E-state index contributed by atoms with van der Waals surface area (Å²) in [6.07, 6.45) is 0. The number of nitro groups is 1. The molecule has 1 heterocycles. The van der Waals surface area contributed by atoms with Gasteiger partial charge in [0.15, 0.2) is 5.00 Å². The van der Waals surface area contributed by atoms with E-state index in [1.54, 1.807) is 20.8 Å². The highest BCUT2D eigenvalue weighted by atomic mass is 32.2. The Kier molecular flexibility index (Phi) is 5.31. The van der Waals surface area contributed by atoms with E-state index in [9.17, 15) is 23.6 Å². The van der Waals surface area contributed by atoms with Crippen LogP contribution in [0.1, 0.15) is 20.8 Å². The molecular formula is C11H19N3O5S2. The Hall–Kier alpha value is -1.23. The molecule has 0 unspecified atom stereocenters. The molecule has 0 aliphatic rings. The topological polar surface area (TPSA) is 113 Å². The zero-order chi connectivity index (χ0) is 16.4. The summed E-state index contributed by atoms with van der Waals surface area (Å²) in [5.74, 6) is 0. The molecule has 0 aliphatic heterocycles. The predicted molar refractivity (Wildman–Crippen MR) is 81.3 cm³/mol. The van der Waals surface area contributed by atoms with Crippen LogP contribution in [0.2, 0.25) is 0 Å². The maximum Gasteiger partial charge on any atom is 0.304 e. The summed E-state index contributed by atoms with van der Waals surface area (Å²) in [6.45, 7) is 4.98. The van der Waals surface area contributed by atoms with Crippen LogP contribution in [-0.2, 0) is 10.0 Å². The van der Waals surface area contributed by atoms with Gasteiger partial charge in [-0.2, -0.15) is 4.31 Å². The Morgan fingerprint density at radius 2 is 2.10 bits per heavy atom. The molecule has 0 bridgehead atoms. The molecule has 10 heteroatoms. The number of hydrogen-bond acceptors (Lipinski definition) is 7. The fourth-order valence-electron chi connectivity index (χ4n) is 1.47. The lowest BCUT2D eigenvalue weighted by atomic mass is 10.1. The smallest absolute Gasteiger partial charge is 0.304 e. The molecular weight excluding hydrogens is 318 g/mol. The molecule has 0 spiro atoms. The highest BCUT2D eigenvalue weighted by Gasteiger charge is 2.36. The second-order valence-corrected chi connectivity index (χ2v) is 8.26. The van der Waals surface area contributed by atoms with E-state index in [4.69, 9.17) is 0 Å². The molecule has 0 saturated heterocycles. The largest absolute Gasteiger partial charge is 0.394 e. The average molecular weight is 337 g/mol. The Labute approximate surface area is 127 Å². The Bertz CT molecular complexity index is 624. The summed E-state index contributed by atoms with van der Waals surface area (Å²) < 4.78 is 25.9. The van der Waals surface area contributed by atoms with E-state index in [1.807, 2.05) is 0 Å². The Balaban J connectivity index is 3.33. The zero-order valence-corrected chi connectivity index (χ0v) is 13.9. The highest BCUT2D eigenvalue weighted by Crippen LogP contribution is 2.38. The normalized spacial score (nSPS) is 12.7. The third-order valence-corrected chi connectivity index (χ3v) is 6.68. The number of rotatable bonds is 7. The van der Waals surface area contributed by atoms with Crippen molar-refractivity contribution in [3.05, 3.63) is 16.2 Å². The van der Waals surface area contributed by atoms with Crippen molar-refractivity contribution in [3.8, 4) is 0 Å². The van der Waals surface area contributed by atoms with Crippen molar-refractivity contribution < 1.29 is 18.4 Å². The SMILES string of the molecule is CCNc1sc(S(=O)(=O)N(C)C(C)(C)CO)cc1[N+](=O)[O-]. The van der Waals surface area contributed by atoms with Crippen molar-refractivity contribution in [2.24, 2.45) is 0 Å². The van der Waals surface area contributed by atoms with Crippen LogP contribution in [0.15, 0.2) is 10.3 Å². The molecule has 0 aromatic carbocycles. The summed E-state index contributed by atoms with van der Waals surface area (Å²) >= 11 is 0.810. The maximum absolute atomic E-state index is 12.5. The Morgan fingerprint density at radius 3 is 2.52 bits per heavy atom. The van der Waals surface area contributed by atoms with Gasteiger partial charge in [-0.25, -0.2) is 8.42 Å². The van der Waals surface area contributed by atoms with E-state index in [0.29, 0.717) is 6.54 Å². The summed E-state index contributed by atoms with van der Waals surface area (Å²) in [4.78, 5) is 10.4. The third-order valence-electron chi connectivity index (χ3n) is 3.08. The summed E-state index contributed by atoms with van der Waals surface area (Å²) in [5, 5.41) is 23.3. The lowest BCUT2D eigenvalue weighted by Crippen LogP contribution is -2.47. The van der Waals surface area contributed by atoms with Gasteiger partial charge in [0.1, 0.15) is 4.21 Å². The highest BCUT2D eigenvalue weighted by molar-refractivity contribution is 7.91. The van der Waals surface area contributed by atoms with E-state index < -0.39 is 20.5 Å². The number of likely N-dealkylation sites (N-methyl/N-ethyl adjacent to an activating group) is 1. The first kappa shape index (κ1) is 17.8. The van der Waals surface area contributed by atoms with Crippen molar-refractivity contribution in [1.82, 2.24) is 4.31 Å². The van der Waals surface area contributed by atoms with E-state index in [2.05, 4.69) is 5.32 Å². The van der Waals surface area contributed by atoms with E-state index in [0.717, 1.165) is 21.7 Å². The first-order valence-corrected chi connectivity index (χ1v) is 8.45. The summed E-state index contributed by atoms with van der Waals surface area (Å²) in [5.41, 5.74) is -1.27. The minimum atomic E-state index is -3.91. The number of nitrogens with zero attached hydrogens (tertiary/aromatic N) is 2. The minimum Gasteiger partial charge on any atom is -0.394 e. The van der Waals surface area contributed by atoms with Gasteiger partial charge in [-0.05, 0) is 20.8 Å². The van der Waals surface area contributed by atoms with Gasteiger partial charge in [-0.3, -0.25) is 10.1 Å². The number of aliphatic hydroxyl groups excluding tert-OH is 1. The molecule has 1 aromatic heterocycles. The van der Waals surface area contributed by atoms with Gasteiger partial charge in [-0.15, -0.1) is 0 Å². The minimum absolute atomic E-state index is 0.130. The molecule has 0 saturated carbocycles. The van der Waals surface area contributed by atoms with Gasteiger partial charge in [0.25, 0.3) is 10.0 Å². The van der Waals surface area contributed by atoms with Crippen molar-refractivity contribution in [2.45, 2.75) is 30.5 Å². The number of sulfonamides is 1. The molecule has 0 aliphatic carbocycles. The predicted octanol–water partition coefficient (Wildman–Crippen LogP) is 1.48. The second-order valence-electron chi connectivity index (χ2n) is 5.01. The summed E-state index contributed by atoms with van der Waals surface area (Å²) in [6, 6.07) is 1.04. The van der Waals surface area contributed by atoms with Crippen LogP contribution in [-0.4, -0.2) is 48.5 Å². The van der Waals surface area contributed by atoms with Crippen LogP contribution < -0.4 is 5.32 Å². The molecule has 0 fully saturated rings. The first-order valence-electron chi connectivity index (χ1n) is 6.20. The molecule has 1 aromatic rings. The second kappa shape index (κ2) is 6.26. The van der Waals surface area contributed by atoms with E-state index >= 15 is 0 Å². The molecule has 0 atom stereocenters. The van der Waals surface area contributed by atoms with Gasteiger partial charge in [0.05, 0.1) is 17.1 Å². The molecule has 0 amide bonds. The van der Waals surface area contributed by atoms with Crippen molar-refractivity contribution in [1.29, 1.82) is 0 Å². The average Bonchev–Trinajstić information content (AvgIpc) is 2.83. The van der Waals surface area contributed by atoms with Crippen LogP contribution in [0.3, 0.4) is 0 Å². The quantitative estimate of drug-likeness (QED) is 0.575. The van der Waals surface area contributed by atoms with Gasteiger partial charge >= 0.3 is 5.69 Å². The molecule has 8 nitrogen and oxygen atoms in total. The number of anilines is 1. The van der Waals surface area contributed by atoms with Crippen molar-refractivity contribution in [3.63, 3.8) is 0 Å². The van der Waals surface area contributed by atoms with Crippen molar-refractivity contribution >= 4 is 32.0 Å². The molecule has 2 N–H and O–H groups in total. The van der Waals surface area contributed by atoms with Gasteiger partial charge in [0.2, 0.25) is 0 Å². The van der Waals surface area contributed by atoms with Crippen LogP contribution >= 0.6 is 11.3 Å². The van der Waals surface area contributed by atoms with Crippen LogP contribution in [0, 0.1) is 10.1 Å². The molecule has 1 rings (SSSR count). The lowest BCUT2D eigenvalue weighted by molar-refractivity contribution is -0.383. The van der Waals surface area contributed by atoms with Gasteiger partial charge < -0.3 is 10.4 Å². The fraction of sp³-hybridized carbons (Fsp3) is 0.636.